The lowest BCUT2D eigenvalue weighted by atomic mass is 10.1. The van der Waals surface area contributed by atoms with Crippen LogP contribution < -0.4 is 0 Å². The summed E-state index contributed by atoms with van der Waals surface area (Å²) in [6.07, 6.45) is 4.16. The predicted octanol–water partition coefficient (Wildman–Crippen LogP) is 4.33. The van der Waals surface area contributed by atoms with Crippen molar-refractivity contribution in [1.82, 2.24) is 9.55 Å². The van der Waals surface area contributed by atoms with E-state index in [1.807, 2.05) is 6.20 Å². The van der Waals surface area contributed by atoms with Gasteiger partial charge in [0.1, 0.15) is 0 Å². The summed E-state index contributed by atoms with van der Waals surface area (Å²) >= 11 is 0. The van der Waals surface area contributed by atoms with Gasteiger partial charge in [-0.15, -0.1) is 0 Å². The average Bonchev–Trinajstić information content (AvgIpc) is 2.71. The van der Waals surface area contributed by atoms with Crippen molar-refractivity contribution >= 4 is 0 Å². The van der Waals surface area contributed by atoms with Crippen LogP contribution in [0.4, 0.5) is 0 Å². The van der Waals surface area contributed by atoms with Crippen molar-refractivity contribution in [2.45, 2.75) is 39.5 Å². The van der Waals surface area contributed by atoms with E-state index in [1.54, 1.807) is 0 Å². The molecule has 0 atom stereocenters. The van der Waals surface area contributed by atoms with Gasteiger partial charge in [-0.1, -0.05) is 33.8 Å². The van der Waals surface area contributed by atoms with Gasteiger partial charge in [-0.25, -0.2) is 0 Å². The third-order valence-electron chi connectivity index (χ3n) is 3.35. The van der Waals surface area contributed by atoms with Crippen LogP contribution in [-0.4, -0.2) is 9.55 Å². The van der Waals surface area contributed by atoms with E-state index in [0.717, 1.165) is 5.69 Å². The van der Waals surface area contributed by atoms with Crippen molar-refractivity contribution in [2.75, 3.05) is 0 Å². The van der Waals surface area contributed by atoms with Gasteiger partial charge in [-0.05, 0) is 24.0 Å². The third kappa shape index (κ3) is 2.47. The maximum Gasteiger partial charge on any atom is 0.0429 e. The first kappa shape index (κ1) is 12.9. The summed E-state index contributed by atoms with van der Waals surface area (Å²) in [5, 5.41) is 0. The molecule has 0 spiro atoms. The Morgan fingerprint density at radius 1 is 1.00 bits per heavy atom. The van der Waals surface area contributed by atoms with Crippen LogP contribution in [0.1, 0.15) is 50.9 Å². The highest BCUT2D eigenvalue weighted by atomic mass is 14.9. The molecular weight excluding hydrogens is 220 g/mol. The number of aromatic nitrogens is 2. The molecule has 0 N–H and O–H groups in total. The summed E-state index contributed by atoms with van der Waals surface area (Å²) < 4.78 is 2.20. The number of nitrogens with zero attached hydrogens (tertiary/aromatic N) is 2. The van der Waals surface area contributed by atoms with Crippen LogP contribution in [0.5, 0.6) is 0 Å². The Kier molecular flexibility index (Phi) is 3.55. The fourth-order valence-corrected chi connectivity index (χ4v) is 2.23. The van der Waals surface area contributed by atoms with Gasteiger partial charge in [0.05, 0.1) is 0 Å². The summed E-state index contributed by atoms with van der Waals surface area (Å²) in [5.74, 6) is 1.03. The molecule has 0 saturated carbocycles. The Labute approximate surface area is 110 Å². The van der Waals surface area contributed by atoms with Gasteiger partial charge in [0, 0.05) is 42.0 Å². The molecule has 0 aliphatic carbocycles. The molecule has 0 fully saturated rings. The van der Waals surface area contributed by atoms with Crippen molar-refractivity contribution in [3.8, 4) is 11.1 Å². The Hall–Kier alpha value is -1.57. The second kappa shape index (κ2) is 4.97. The van der Waals surface area contributed by atoms with Crippen LogP contribution in [0.25, 0.3) is 11.1 Å². The SMILES string of the molecule is CC(C)c1ccc(-c2cc(C(C)C)n(C)c2)cn1. The Morgan fingerprint density at radius 3 is 2.17 bits per heavy atom. The highest BCUT2D eigenvalue weighted by molar-refractivity contribution is 5.63. The minimum absolute atomic E-state index is 0.487. The largest absolute Gasteiger partial charge is 0.354 e. The Morgan fingerprint density at radius 2 is 1.72 bits per heavy atom. The minimum atomic E-state index is 0.487. The van der Waals surface area contributed by atoms with Crippen LogP contribution in [0.2, 0.25) is 0 Å². The summed E-state index contributed by atoms with van der Waals surface area (Å²) in [4.78, 5) is 4.53. The van der Waals surface area contributed by atoms with Gasteiger partial charge < -0.3 is 4.57 Å². The molecular formula is C16H22N2. The molecule has 0 aliphatic rings. The molecule has 0 radical (unpaired) electrons. The van der Waals surface area contributed by atoms with Crippen molar-refractivity contribution in [1.29, 1.82) is 0 Å². The van der Waals surface area contributed by atoms with E-state index in [0.29, 0.717) is 11.8 Å². The minimum Gasteiger partial charge on any atom is -0.354 e. The van der Waals surface area contributed by atoms with Gasteiger partial charge in [0.15, 0.2) is 0 Å². The van der Waals surface area contributed by atoms with Crippen LogP contribution in [0.15, 0.2) is 30.6 Å². The molecule has 2 aromatic rings. The van der Waals surface area contributed by atoms with Crippen molar-refractivity contribution in [3.63, 3.8) is 0 Å². The molecule has 0 amide bonds. The van der Waals surface area contributed by atoms with Gasteiger partial charge in [-0.3, -0.25) is 4.98 Å². The highest BCUT2D eigenvalue weighted by Gasteiger charge is 2.09. The molecule has 0 aromatic carbocycles. The first-order valence-electron chi connectivity index (χ1n) is 6.61. The highest BCUT2D eigenvalue weighted by Crippen LogP contribution is 2.25. The van der Waals surface area contributed by atoms with Gasteiger partial charge >= 0.3 is 0 Å². The average molecular weight is 242 g/mol. The molecule has 0 saturated heterocycles. The first-order valence-corrected chi connectivity index (χ1v) is 6.61. The normalized spacial score (nSPS) is 11.5. The second-order valence-electron chi connectivity index (χ2n) is 5.55. The van der Waals surface area contributed by atoms with Gasteiger partial charge in [0.25, 0.3) is 0 Å². The topological polar surface area (TPSA) is 17.8 Å². The van der Waals surface area contributed by atoms with Crippen molar-refractivity contribution < 1.29 is 0 Å². The molecule has 2 heterocycles. The number of hydrogen-bond acceptors (Lipinski definition) is 1. The number of aryl methyl sites for hydroxylation is 1. The zero-order valence-corrected chi connectivity index (χ0v) is 11.9. The zero-order chi connectivity index (χ0) is 13.3. The summed E-state index contributed by atoms with van der Waals surface area (Å²) in [6.45, 7) is 8.78. The van der Waals surface area contributed by atoms with E-state index in [2.05, 4.69) is 68.7 Å². The zero-order valence-electron chi connectivity index (χ0n) is 11.9. The molecule has 0 bridgehead atoms. The third-order valence-corrected chi connectivity index (χ3v) is 3.35. The van der Waals surface area contributed by atoms with Crippen molar-refractivity contribution in [2.24, 2.45) is 7.05 Å². The second-order valence-corrected chi connectivity index (χ2v) is 5.55. The number of hydrogen-bond donors (Lipinski definition) is 0. The molecule has 18 heavy (non-hydrogen) atoms. The van der Waals surface area contributed by atoms with E-state index in [-0.39, 0.29) is 0 Å². The molecule has 2 rings (SSSR count). The van der Waals surface area contributed by atoms with Crippen molar-refractivity contribution in [3.05, 3.63) is 42.0 Å². The van der Waals surface area contributed by atoms with E-state index in [9.17, 15) is 0 Å². The van der Waals surface area contributed by atoms with E-state index >= 15 is 0 Å². The fourth-order valence-electron chi connectivity index (χ4n) is 2.23. The molecule has 0 aliphatic heterocycles. The van der Waals surface area contributed by atoms with Crippen LogP contribution in [0.3, 0.4) is 0 Å². The van der Waals surface area contributed by atoms with E-state index < -0.39 is 0 Å². The molecule has 2 nitrogen and oxygen atoms in total. The molecule has 2 aromatic heterocycles. The molecule has 96 valence electrons. The van der Waals surface area contributed by atoms with E-state index in [4.69, 9.17) is 0 Å². The number of rotatable bonds is 3. The Bertz CT molecular complexity index is 519. The van der Waals surface area contributed by atoms with Gasteiger partial charge in [-0.2, -0.15) is 0 Å². The number of pyridine rings is 1. The van der Waals surface area contributed by atoms with Gasteiger partial charge in [0.2, 0.25) is 0 Å². The van der Waals surface area contributed by atoms with Crippen LogP contribution in [0, 0.1) is 0 Å². The summed E-state index contributed by atoms with van der Waals surface area (Å²) in [7, 11) is 2.11. The predicted molar refractivity (Wildman–Crippen MR) is 76.8 cm³/mol. The first-order chi connectivity index (χ1) is 8.49. The lowest BCUT2D eigenvalue weighted by Crippen LogP contribution is -1.95. The monoisotopic (exact) mass is 242 g/mol. The van der Waals surface area contributed by atoms with Crippen LogP contribution in [-0.2, 0) is 7.05 Å². The van der Waals surface area contributed by atoms with Crippen LogP contribution >= 0.6 is 0 Å². The summed E-state index contributed by atoms with van der Waals surface area (Å²) in [5.41, 5.74) is 4.96. The molecule has 0 unspecified atom stereocenters. The lowest BCUT2D eigenvalue weighted by molar-refractivity contribution is 0.741. The lowest BCUT2D eigenvalue weighted by Gasteiger charge is -2.05. The Balaban J connectivity index is 2.34. The quantitative estimate of drug-likeness (QED) is 0.783. The van der Waals surface area contributed by atoms with E-state index in [1.165, 1.54) is 16.8 Å². The maximum atomic E-state index is 4.53. The standard InChI is InChI=1S/C16H22N2/c1-11(2)15-7-6-13(9-17-15)14-8-16(12(3)4)18(5)10-14/h6-12H,1-5H3. The maximum absolute atomic E-state index is 4.53. The smallest absolute Gasteiger partial charge is 0.0429 e. The molecule has 2 heteroatoms. The fraction of sp³-hybridized carbons (Fsp3) is 0.438. The summed E-state index contributed by atoms with van der Waals surface area (Å²) in [6, 6.07) is 6.56.